The summed E-state index contributed by atoms with van der Waals surface area (Å²) in [5, 5.41) is 0. The number of benzene rings is 1. The molecule has 1 saturated carbocycles. The second-order valence-corrected chi connectivity index (χ2v) is 7.49. The Labute approximate surface area is 136 Å². The van der Waals surface area contributed by atoms with Crippen LogP contribution in [0.1, 0.15) is 38.2 Å². The third-order valence-electron chi connectivity index (χ3n) is 6.76. The third kappa shape index (κ3) is 1.43. The molecule has 3 aliphatic heterocycles. The van der Waals surface area contributed by atoms with E-state index in [0.29, 0.717) is 18.6 Å². The van der Waals surface area contributed by atoms with Gasteiger partial charge in [0, 0.05) is 49.0 Å². The lowest BCUT2D eigenvalue weighted by Crippen LogP contribution is -2.63. The van der Waals surface area contributed by atoms with Crippen molar-refractivity contribution in [3.05, 3.63) is 29.8 Å². The summed E-state index contributed by atoms with van der Waals surface area (Å²) in [7, 11) is 0. The predicted octanol–water partition coefficient (Wildman–Crippen LogP) is 2.12. The standard InChI is InChI=1S/C19H22N2O2/c1-2-20-14-8-4-3-7-13(14)19-11-17(23)21-9-5-6-12(18(19)21)15(22)10-16(19)20/h3-4,7-8,12,16,18H,2,5-6,9-11H2,1H3/t12-,16-,18-,19-/m1/s1. The highest BCUT2D eigenvalue weighted by atomic mass is 16.2. The van der Waals surface area contributed by atoms with Gasteiger partial charge in [-0.15, -0.1) is 0 Å². The minimum Gasteiger partial charge on any atom is -0.367 e. The fourth-order valence-corrected chi connectivity index (χ4v) is 6.04. The van der Waals surface area contributed by atoms with Crippen molar-refractivity contribution >= 4 is 17.4 Å². The van der Waals surface area contributed by atoms with Crippen LogP contribution >= 0.6 is 0 Å². The number of hydrogen-bond donors (Lipinski definition) is 0. The first-order valence-corrected chi connectivity index (χ1v) is 8.87. The van der Waals surface area contributed by atoms with E-state index < -0.39 is 0 Å². The summed E-state index contributed by atoms with van der Waals surface area (Å²) in [4.78, 5) is 30.1. The molecule has 1 aromatic rings. The Morgan fingerprint density at radius 1 is 1.26 bits per heavy atom. The second kappa shape index (κ2) is 4.37. The Kier molecular flexibility index (Phi) is 2.58. The van der Waals surface area contributed by atoms with E-state index in [-0.39, 0.29) is 29.3 Å². The summed E-state index contributed by atoms with van der Waals surface area (Å²) in [6, 6.07) is 8.78. The maximum absolute atomic E-state index is 12.8. The summed E-state index contributed by atoms with van der Waals surface area (Å²) in [6.45, 7) is 3.88. The molecule has 1 spiro atoms. The first-order valence-electron chi connectivity index (χ1n) is 8.87. The number of para-hydroxylation sites is 1. The van der Waals surface area contributed by atoms with Crippen LogP contribution in [0.15, 0.2) is 24.3 Å². The largest absolute Gasteiger partial charge is 0.367 e. The Bertz CT molecular complexity index is 715. The molecule has 5 rings (SSSR count). The van der Waals surface area contributed by atoms with Crippen molar-refractivity contribution in [1.82, 2.24) is 4.90 Å². The molecule has 4 heteroatoms. The SMILES string of the molecule is CCN1c2ccccc2[C@]23CC(=O)N4CCC[C@H](C(=O)C[C@@H]12)[C@@H]43. The normalized spacial score (nSPS) is 37.7. The quantitative estimate of drug-likeness (QED) is 0.798. The molecule has 1 amide bonds. The topological polar surface area (TPSA) is 40.6 Å². The van der Waals surface area contributed by atoms with Crippen LogP contribution in [0, 0.1) is 5.92 Å². The zero-order valence-electron chi connectivity index (χ0n) is 13.5. The van der Waals surface area contributed by atoms with Gasteiger partial charge < -0.3 is 9.80 Å². The van der Waals surface area contributed by atoms with Gasteiger partial charge in [0.25, 0.3) is 0 Å². The van der Waals surface area contributed by atoms with Crippen LogP contribution in [-0.4, -0.2) is 41.8 Å². The first kappa shape index (κ1) is 13.6. The monoisotopic (exact) mass is 310 g/mol. The molecular formula is C19H22N2O2. The van der Waals surface area contributed by atoms with Crippen LogP contribution in [0.4, 0.5) is 5.69 Å². The number of ketones is 1. The lowest BCUT2D eigenvalue weighted by Gasteiger charge is -2.50. The molecule has 4 nitrogen and oxygen atoms in total. The number of rotatable bonds is 1. The number of anilines is 1. The Morgan fingerprint density at radius 3 is 2.91 bits per heavy atom. The van der Waals surface area contributed by atoms with Crippen LogP contribution in [0.25, 0.3) is 0 Å². The average Bonchev–Trinajstić information content (AvgIpc) is 3.02. The maximum Gasteiger partial charge on any atom is 0.223 e. The van der Waals surface area contributed by atoms with E-state index in [2.05, 4.69) is 36.1 Å². The third-order valence-corrected chi connectivity index (χ3v) is 6.76. The lowest BCUT2D eigenvalue weighted by atomic mass is 9.59. The molecule has 4 atom stereocenters. The van der Waals surface area contributed by atoms with Gasteiger partial charge in [0.05, 0.1) is 6.04 Å². The van der Waals surface area contributed by atoms with Gasteiger partial charge in [-0.3, -0.25) is 9.59 Å². The summed E-state index contributed by atoms with van der Waals surface area (Å²) < 4.78 is 0. The summed E-state index contributed by atoms with van der Waals surface area (Å²) in [6.07, 6.45) is 3.11. The van der Waals surface area contributed by atoms with Gasteiger partial charge in [-0.2, -0.15) is 0 Å². The van der Waals surface area contributed by atoms with Crippen molar-refractivity contribution < 1.29 is 9.59 Å². The molecule has 0 unspecified atom stereocenters. The van der Waals surface area contributed by atoms with Crippen molar-refractivity contribution in [3.8, 4) is 0 Å². The highest BCUT2D eigenvalue weighted by Crippen LogP contribution is 2.60. The molecule has 4 aliphatic rings. The molecule has 1 aliphatic carbocycles. The van der Waals surface area contributed by atoms with Crippen molar-refractivity contribution in [2.24, 2.45) is 5.92 Å². The minimum atomic E-state index is -0.164. The number of carbonyl (C=O) groups is 2. The van der Waals surface area contributed by atoms with Gasteiger partial charge >= 0.3 is 0 Å². The summed E-state index contributed by atoms with van der Waals surface area (Å²) in [5.74, 6) is 0.685. The smallest absolute Gasteiger partial charge is 0.223 e. The molecule has 1 aromatic carbocycles. The zero-order valence-corrected chi connectivity index (χ0v) is 13.5. The summed E-state index contributed by atoms with van der Waals surface area (Å²) >= 11 is 0. The number of amides is 1. The lowest BCUT2D eigenvalue weighted by molar-refractivity contribution is -0.136. The van der Waals surface area contributed by atoms with E-state index >= 15 is 0 Å². The van der Waals surface area contributed by atoms with E-state index in [1.54, 1.807) is 0 Å². The Hall–Kier alpha value is -1.84. The molecule has 0 radical (unpaired) electrons. The van der Waals surface area contributed by atoms with E-state index in [1.807, 2.05) is 4.90 Å². The van der Waals surface area contributed by atoms with E-state index in [0.717, 1.165) is 25.9 Å². The van der Waals surface area contributed by atoms with Gasteiger partial charge in [0.15, 0.2) is 0 Å². The fourth-order valence-electron chi connectivity index (χ4n) is 6.04. The molecule has 23 heavy (non-hydrogen) atoms. The molecule has 0 aromatic heterocycles. The molecule has 3 fully saturated rings. The Morgan fingerprint density at radius 2 is 2.09 bits per heavy atom. The number of nitrogens with zero attached hydrogens (tertiary/aromatic N) is 2. The highest BCUT2D eigenvalue weighted by molar-refractivity contribution is 5.93. The van der Waals surface area contributed by atoms with Crippen molar-refractivity contribution in [2.45, 2.75) is 50.1 Å². The van der Waals surface area contributed by atoms with Crippen molar-refractivity contribution in [1.29, 1.82) is 0 Å². The van der Waals surface area contributed by atoms with E-state index in [4.69, 9.17) is 0 Å². The molecule has 2 saturated heterocycles. The van der Waals surface area contributed by atoms with Gasteiger partial charge in [0.2, 0.25) is 5.91 Å². The van der Waals surface area contributed by atoms with Crippen LogP contribution in [0.3, 0.4) is 0 Å². The molecule has 0 bridgehead atoms. The number of Topliss-reactive ketones (excluding diaryl/α,β-unsaturated/α-hetero) is 1. The van der Waals surface area contributed by atoms with Gasteiger partial charge in [-0.25, -0.2) is 0 Å². The minimum absolute atomic E-state index is 0.0521. The van der Waals surface area contributed by atoms with Crippen LogP contribution in [0.2, 0.25) is 0 Å². The van der Waals surface area contributed by atoms with Crippen LogP contribution in [-0.2, 0) is 15.0 Å². The Balaban J connectivity index is 1.77. The van der Waals surface area contributed by atoms with Crippen molar-refractivity contribution in [2.75, 3.05) is 18.0 Å². The van der Waals surface area contributed by atoms with Crippen LogP contribution < -0.4 is 4.90 Å². The van der Waals surface area contributed by atoms with Gasteiger partial charge in [-0.05, 0) is 31.4 Å². The second-order valence-electron chi connectivity index (χ2n) is 7.49. The molecule has 0 N–H and O–H groups in total. The predicted molar refractivity (Wildman–Crippen MR) is 87.4 cm³/mol. The van der Waals surface area contributed by atoms with Crippen LogP contribution in [0.5, 0.6) is 0 Å². The number of likely N-dealkylation sites (N-methyl/N-ethyl adjacent to an activating group) is 1. The maximum atomic E-state index is 12.8. The first-order chi connectivity index (χ1) is 11.2. The van der Waals surface area contributed by atoms with E-state index in [1.165, 1.54) is 11.3 Å². The number of carbonyl (C=O) groups excluding carboxylic acids is 2. The van der Waals surface area contributed by atoms with Gasteiger partial charge in [-0.1, -0.05) is 18.2 Å². The molecule has 120 valence electrons. The molecular weight excluding hydrogens is 288 g/mol. The van der Waals surface area contributed by atoms with Gasteiger partial charge in [0.1, 0.15) is 5.78 Å². The number of fused-ring (bicyclic) bond motifs is 1. The zero-order chi connectivity index (χ0) is 15.8. The van der Waals surface area contributed by atoms with E-state index in [9.17, 15) is 9.59 Å². The molecule has 3 heterocycles. The summed E-state index contributed by atoms with van der Waals surface area (Å²) in [5.41, 5.74) is 2.39. The number of piperidine rings is 1. The number of hydrogen-bond acceptors (Lipinski definition) is 3. The average molecular weight is 310 g/mol. The fraction of sp³-hybridized carbons (Fsp3) is 0.579. The highest BCUT2D eigenvalue weighted by Gasteiger charge is 2.68. The van der Waals surface area contributed by atoms with Crippen molar-refractivity contribution in [3.63, 3.8) is 0 Å².